The van der Waals surface area contributed by atoms with Gasteiger partial charge in [0.05, 0.1) is 6.61 Å². The number of halogens is 1. The molecular formula is C10H16ClNO. The maximum Gasteiger partial charge on any atom is 0.124 e. The summed E-state index contributed by atoms with van der Waals surface area (Å²) in [6.45, 7) is 4.61. The van der Waals surface area contributed by atoms with Crippen LogP contribution in [-0.4, -0.2) is 6.61 Å². The Labute approximate surface area is 85.5 Å². The van der Waals surface area contributed by atoms with Crippen molar-refractivity contribution in [2.24, 2.45) is 5.73 Å². The molecule has 0 aromatic heterocycles. The van der Waals surface area contributed by atoms with E-state index < -0.39 is 0 Å². The topological polar surface area (TPSA) is 35.2 Å². The van der Waals surface area contributed by atoms with E-state index in [0.29, 0.717) is 6.61 Å². The van der Waals surface area contributed by atoms with E-state index in [-0.39, 0.29) is 18.4 Å². The largest absolute Gasteiger partial charge is 0.494 e. The normalized spacial score (nSPS) is 11.6. The average molecular weight is 202 g/mol. The maximum absolute atomic E-state index is 5.76. The minimum atomic E-state index is 0. The first kappa shape index (κ1) is 12.3. The molecule has 1 aromatic carbocycles. The fraction of sp³-hybridized carbons (Fsp3) is 0.400. The van der Waals surface area contributed by atoms with E-state index in [9.17, 15) is 0 Å². The second kappa shape index (κ2) is 5.84. The van der Waals surface area contributed by atoms with Crippen molar-refractivity contribution >= 4 is 12.4 Å². The Hall–Kier alpha value is -0.730. The summed E-state index contributed by atoms with van der Waals surface area (Å²) in [5, 5.41) is 0. The molecule has 0 bridgehead atoms. The Morgan fingerprint density at radius 3 is 2.54 bits per heavy atom. The lowest BCUT2D eigenvalue weighted by atomic mass is 10.1. The van der Waals surface area contributed by atoms with Gasteiger partial charge in [0.1, 0.15) is 5.75 Å². The predicted octanol–water partition coefficient (Wildman–Crippen LogP) is 2.53. The summed E-state index contributed by atoms with van der Waals surface area (Å²) in [4.78, 5) is 0. The van der Waals surface area contributed by atoms with Gasteiger partial charge in [-0.25, -0.2) is 0 Å². The third-order valence-corrected chi connectivity index (χ3v) is 1.71. The molecule has 2 N–H and O–H groups in total. The van der Waals surface area contributed by atoms with Crippen molar-refractivity contribution < 1.29 is 4.74 Å². The van der Waals surface area contributed by atoms with Crippen LogP contribution >= 0.6 is 12.4 Å². The quantitative estimate of drug-likeness (QED) is 0.816. The van der Waals surface area contributed by atoms with Crippen molar-refractivity contribution in [2.45, 2.75) is 19.9 Å². The van der Waals surface area contributed by atoms with Crippen LogP contribution in [0.4, 0.5) is 0 Å². The van der Waals surface area contributed by atoms with E-state index in [2.05, 4.69) is 0 Å². The lowest BCUT2D eigenvalue weighted by molar-refractivity contribution is 0.335. The van der Waals surface area contributed by atoms with Crippen molar-refractivity contribution in [2.75, 3.05) is 6.61 Å². The molecule has 13 heavy (non-hydrogen) atoms. The Bertz CT molecular complexity index is 250. The Morgan fingerprint density at radius 1 is 1.38 bits per heavy atom. The summed E-state index contributed by atoms with van der Waals surface area (Å²) in [5.41, 5.74) is 6.83. The molecule has 0 spiro atoms. The van der Waals surface area contributed by atoms with Crippen LogP contribution in [0.2, 0.25) is 0 Å². The highest BCUT2D eigenvalue weighted by molar-refractivity contribution is 5.85. The van der Waals surface area contributed by atoms with Gasteiger partial charge in [0.2, 0.25) is 0 Å². The molecule has 0 amide bonds. The second-order valence-electron chi connectivity index (χ2n) is 2.76. The number of hydrogen-bond donors (Lipinski definition) is 1. The lowest BCUT2D eigenvalue weighted by Gasteiger charge is -2.11. The molecule has 0 fully saturated rings. The first-order valence-electron chi connectivity index (χ1n) is 4.23. The summed E-state index contributed by atoms with van der Waals surface area (Å²) < 4.78 is 5.42. The first-order valence-corrected chi connectivity index (χ1v) is 4.23. The van der Waals surface area contributed by atoms with Crippen LogP contribution in [0.25, 0.3) is 0 Å². The standard InChI is InChI=1S/C10H15NO.ClH/c1-3-12-10-7-5-4-6-9(10)8(2)11;/h4-8H,3,11H2,1-2H3;1H. The smallest absolute Gasteiger partial charge is 0.124 e. The summed E-state index contributed by atoms with van der Waals surface area (Å²) in [6, 6.07) is 7.91. The average Bonchev–Trinajstić information content (AvgIpc) is 2.05. The van der Waals surface area contributed by atoms with E-state index in [1.165, 1.54) is 0 Å². The van der Waals surface area contributed by atoms with Gasteiger partial charge in [-0.05, 0) is 19.9 Å². The molecule has 1 unspecified atom stereocenters. The molecule has 3 heteroatoms. The fourth-order valence-corrected chi connectivity index (χ4v) is 1.14. The minimum Gasteiger partial charge on any atom is -0.494 e. The highest BCUT2D eigenvalue weighted by atomic mass is 35.5. The molecule has 0 aliphatic carbocycles. The molecule has 0 saturated heterocycles. The van der Waals surface area contributed by atoms with Gasteiger partial charge in [-0.2, -0.15) is 0 Å². The first-order chi connectivity index (χ1) is 5.75. The second-order valence-corrected chi connectivity index (χ2v) is 2.76. The monoisotopic (exact) mass is 201 g/mol. The third kappa shape index (κ3) is 3.25. The van der Waals surface area contributed by atoms with Crippen LogP contribution < -0.4 is 10.5 Å². The summed E-state index contributed by atoms with van der Waals surface area (Å²) in [6.07, 6.45) is 0. The minimum absolute atomic E-state index is 0. The van der Waals surface area contributed by atoms with Gasteiger partial charge in [-0.3, -0.25) is 0 Å². The van der Waals surface area contributed by atoms with Gasteiger partial charge in [0.15, 0.2) is 0 Å². The maximum atomic E-state index is 5.76. The van der Waals surface area contributed by atoms with Crippen molar-refractivity contribution in [3.05, 3.63) is 29.8 Å². The Balaban J connectivity index is 0.00000144. The third-order valence-electron chi connectivity index (χ3n) is 1.71. The van der Waals surface area contributed by atoms with E-state index in [4.69, 9.17) is 10.5 Å². The van der Waals surface area contributed by atoms with Gasteiger partial charge in [-0.1, -0.05) is 18.2 Å². The van der Waals surface area contributed by atoms with Crippen LogP contribution in [0.1, 0.15) is 25.5 Å². The van der Waals surface area contributed by atoms with Gasteiger partial charge < -0.3 is 10.5 Å². The van der Waals surface area contributed by atoms with Crippen LogP contribution in [0.5, 0.6) is 5.75 Å². The van der Waals surface area contributed by atoms with Gasteiger partial charge in [-0.15, -0.1) is 12.4 Å². The molecule has 1 rings (SSSR count). The van der Waals surface area contributed by atoms with Gasteiger partial charge >= 0.3 is 0 Å². The zero-order chi connectivity index (χ0) is 8.97. The molecule has 74 valence electrons. The molecule has 0 heterocycles. The summed E-state index contributed by atoms with van der Waals surface area (Å²) >= 11 is 0. The number of ether oxygens (including phenoxy) is 1. The summed E-state index contributed by atoms with van der Waals surface area (Å²) in [7, 11) is 0. The summed E-state index contributed by atoms with van der Waals surface area (Å²) in [5.74, 6) is 0.898. The van der Waals surface area contributed by atoms with Crippen molar-refractivity contribution in [1.29, 1.82) is 0 Å². The Kier molecular flexibility index (Phi) is 5.51. The highest BCUT2D eigenvalue weighted by Gasteiger charge is 2.05. The van der Waals surface area contributed by atoms with Crippen LogP contribution in [0.15, 0.2) is 24.3 Å². The van der Waals surface area contributed by atoms with Gasteiger partial charge in [0, 0.05) is 11.6 Å². The molecule has 0 aliphatic heterocycles. The number of rotatable bonds is 3. The Morgan fingerprint density at radius 2 is 2.00 bits per heavy atom. The number of hydrogen-bond acceptors (Lipinski definition) is 2. The van der Waals surface area contributed by atoms with E-state index >= 15 is 0 Å². The molecule has 0 aliphatic rings. The zero-order valence-corrected chi connectivity index (χ0v) is 8.80. The molecular weight excluding hydrogens is 186 g/mol. The fourth-order valence-electron chi connectivity index (χ4n) is 1.14. The molecule has 0 radical (unpaired) electrons. The van der Waals surface area contributed by atoms with Crippen molar-refractivity contribution in [3.8, 4) is 5.75 Å². The van der Waals surface area contributed by atoms with Crippen LogP contribution in [0, 0.1) is 0 Å². The van der Waals surface area contributed by atoms with Crippen LogP contribution in [0.3, 0.4) is 0 Å². The van der Waals surface area contributed by atoms with E-state index in [0.717, 1.165) is 11.3 Å². The molecule has 2 nitrogen and oxygen atoms in total. The SMILES string of the molecule is CCOc1ccccc1C(C)N.Cl. The lowest BCUT2D eigenvalue weighted by Crippen LogP contribution is -2.07. The predicted molar refractivity (Wildman–Crippen MR) is 57.5 cm³/mol. The molecule has 0 saturated carbocycles. The van der Waals surface area contributed by atoms with E-state index in [1.807, 2.05) is 38.1 Å². The number of benzene rings is 1. The number of para-hydroxylation sites is 1. The highest BCUT2D eigenvalue weighted by Crippen LogP contribution is 2.22. The van der Waals surface area contributed by atoms with Crippen molar-refractivity contribution in [3.63, 3.8) is 0 Å². The van der Waals surface area contributed by atoms with Crippen LogP contribution in [-0.2, 0) is 0 Å². The number of nitrogens with two attached hydrogens (primary N) is 1. The zero-order valence-electron chi connectivity index (χ0n) is 7.99. The molecule has 1 atom stereocenters. The van der Waals surface area contributed by atoms with E-state index in [1.54, 1.807) is 0 Å². The van der Waals surface area contributed by atoms with Gasteiger partial charge in [0.25, 0.3) is 0 Å². The molecule has 1 aromatic rings. The van der Waals surface area contributed by atoms with Crippen molar-refractivity contribution in [1.82, 2.24) is 0 Å².